The van der Waals surface area contributed by atoms with Crippen LogP contribution < -0.4 is 15.8 Å². The lowest BCUT2D eigenvalue weighted by Crippen LogP contribution is -2.17. The number of nitrogens with zero attached hydrogens (tertiary/aromatic N) is 2. The van der Waals surface area contributed by atoms with E-state index in [2.05, 4.69) is 27.8 Å². The van der Waals surface area contributed by atoms with E-state index in [1.165, 1.54) is 40.3 Å². The molecule has 1 heterocycles. The van der Waals surface area contributed by atoms with E-state index >= 15 is 0 Å². The van der Waals surface area contributed by atoms with Crippen LogP contribution in [-0.4, -0.2) is 30.3 Å². The van der Waals surface area contributed by atoms with Crippen LogP contribution in [0.15, 0.2) is 45.6 Å². The summed E-state index contributed by atoms with van der Waals surface area (Å²) in [6.45, 7) is 5.73. The summed E-state index contributed by atoms with van der Waals surface area (Å²) in [5, 5.41) is 19.9. The van der Waals surface area contributed by atoms with E-state index < -0.39 is 10.0 Å². The Balaban J connectivity index is 1.57. The second-order valence-electron chi connectivity index (χ2n) is 6.66. The van der Waals surface area contributed by atoms with Gasteiger partial charge in [-0.1, -0.05) is 35.2 Å². The van der Waals surface area contributed by atoms with Crippen LogP contribution in [0.1, 0.15) is 16.7 Å². The molecule has 0 aliphatic rings. The zero-order chi connectivity index (χ0) is 21.9. The highest BCUT2D eigenvalue weighted by Crippen LogP contribution is 2.28. The molecule has 0 aliphatic carbocycles. The van der Waals surface area contributed by atoms with Gasteiger partial charge in [0.1, 0.15) is 0 Å². The predicted molar refractivity (Wildman–Crippen MR) is 121 cm³/mol. The number of anilines is 3. The number of nitrogens with two attached hydrogens (primary N) is 1. The second-order valence-corrected chi connectivity index (χ2v) is 10.4. The number of aryl methyl sites for hydroxylation is 3. The fourth-order valence-corrected chi connectivity index (χ4v) is 4.95. The number of aromatic nitrogens is 2. The largest absolute Gasteiger partial charge is 0.330 e. The van der Waals surface area contributed by atoms with Crippen LogP contribution in [0.2, 0.25) is 0 Å². The zero-order valence-electron chi connectivity index (χ0n) is 16.6. The van der Waals surface area contributed by atoms with Crippen molar-refractivity contribution in [2.75, 3.05) is 16.4 Å². The van der Waals surface area contributed by atoms with Crippen molar-refractivity contribution in [1.82, 2.24) is 10.2 Å². The van der Waals surface area contributed by atoms with E-state index in [0.717, 1.165) is 5.69 Å². The first-order chi connectivity index (χ1) is 14.1. The number of amides is 1. The van der Waals surface area contributed by atoms with E-state index in [1.54, 1.807) is 19.1 Å². The first kappa shape index (κ1) is 22.2. The van der Waals surface area contributed by atoms with Gasteiger partial charge in [0.15, 0.2) is 4.34 Å². The fourth-order valence-electron chi connectivity index (χ4n) is 2.57. The number of nitrogens with one attached hydrogen (secondary N) is 2. The summed E-state index contributed by atoms with van der Waals surface area (Å²) in [7, 11) is -3.86. The van der Waals surface area contributed by atoms with Crippen LogP contribution in [0, 0.1) is 20.8 Å². The zero-order valence-corrected chi connectivity index (χ0v) is 19.0. The molecule has 0 radical (unpaired) electrons. The van der Waals surface area contributed by atoms with Gasteiger partial charge in [0, 0.05) is 11.4 Å². The van der Waals surface area contributed by atoms with Gasteiger partial charge in [-0.25, -0.2) is 13.6 Å². The first-order valence-corrected chi connectivity index (χ1v) is 12.2. The van der Waals surface area contributed by atoms with Gasteiger partial charge in [-0.2, -0.15) is 0 Å². The smallest absolute Gasteiger partial charge is 0.238 e. The molecule has 11 heteroatoms. The molecule has 30 heavy (non-hydrogen) atoms. The van der Waals surface area contributed by atoms with E-state index in [-0.39, 0.29) is 16.6 Å². The van der Waals surface area contributed by atoms with Gasteiger partial charge in [-0.15, -0.1) is 10.2 Å². The minimum absolute atomic E-state index is 0.0147. The second kappa shape index (κ2) is 9.13. The fraction of sp³-hybridized carbons (Fsp3) is 0.211. The number of benzene rings is 2. The lowest BCUT2D eigenvalue weighted by Gasteiger charge is -2.08. The molecule has 0 fully saturated rings. The SMILES string of the molecule is Cc1ccc(Nc2nnc(SCC(=O)Nc3ccc(C)c(S(N)(=O)=O)c3)s2)cc1C. The van der Waals surface area contributed by atoms with Gasteiger partial charge in [-0.05, 0) is 61.7 Å². The van der Waals surface area contributed by atoms with Crippen molar-refractivity contribution < 1.29 is 13.2 Å². The van der Waals surface area contributed by atoms with E-state index in [0.29, 0.717) is 20.7 Å². The van der Waals surface area contributed by atoms with Crippen LogP contribution in [0.25, 0.3) is 0 Å². The number of hydrogen-bond donors (Lipinski definition) is 3. The molecule has 8 nitrogen and oxygen atoms in total. The van der Waals surface area contributed by atoms with Crippen molar-refractivity contribution in [2.24, 2.45) is 5.14 Å². The van der Waals surface area contributed by atoms with Crippen molar-refractivity contribution in [3.8, 4) is 0 Å². The molecule has 0 spiro atoms. The van der Waals surface area contributed by atoms with Gasteiger partial charge in [0.2, 0.25) is 21.1 Å². The Kier molecular flexibility index (Phi) is 6.76. The lowest BCUT2D eigenvalue weighted by atomic mass is 10.1. The number of carbonyl (C=O) groups is 1. The molecular formula is C19H21N5O3S3. The van der Waals surface area contributed by atoms with Crippen LogP contribution in [0.5, 0.6) is 0 Å². The number of hydrogen-bond acceptors (Lipinski definition) is 8. The molecule has 4 N–H and O–H groups in total. The molecule has 0 saturated heterocycles. The predicted octanol–water partition coefficient (Wildman–Crippen LogP) is 3.59. The van der Waals surface area contributed by atoms with E-state index in [9.17, 15) is 13.2 Å². The molecule has 1 aromatic heterocycles. The molecule has 0 saturated carbocycles. The van der Waals surface area contributed by atoms with E-state index in [4.69, 9.17) is 5.14 Å². The monoisotopic (exact) mass is 463 g/mol. The third-order valence-corrected chi connectivity index (χ3v) is 7.29. The highest BCUT2D eigenvalue weighted by Gasteiger charge is 2.14. The third kappa shape index (κ3) is 5.79. The molecule has 158 valence electrons. The normalized spacial score (nSPS) is 11.3. The number of rotatable bonds is 7. The Hall–Kier alpha value is -2.47. The molecule has 0 bridgehead atoms. The number of primary sulfonamides is 1. The van der Waals surface area contributed by atoms with Gasteiger partial charge in [0.25, 0.3) is 0 Å². The average Bonchev–Trinajstić information content (AvgIpc) is 3.11. The average molecular weight is 464 g/mol. The summed E-state index contributed by atoms with van der Waals surface area (Å²) in [5.74, 6) is -0.181. The van der Waals surface area contributed by atoms with Crippen LogP contribution >= 0.6 is 23.1 Å². The molecular weight excluding hydrogens is 442 g/mol. The number of carbonyl (C=O) groups excluding carboxylic acids is 1. The van der Waals surface area contributed by atoms with Crippen molar-refractivity contribution >= 4 is 55.5 Å². The highest BCUT2D eigenvalue weighted by molar-refractivity contribution is 8.01. The Morgan fingerprint density at radius 2 is 1.73 bits per heavy atom. The first-order valence-electron chi connectivity index (χ1n) is 8.86. The summed E-state index contributed by atoms with van der Waals surface area (Å²) in [6, 6.07) is 10.6. The van der Waals surface area contributed by atoms with Gasteiger partial charge in [0.05, 0.1) is 10.6 Å². The molecule has 0 aliphatic heterocycles. The lowest BCUT2D eigenvalue weighted by molar-refractivity contribution is -0.113. The number of sulfonamides is 1. The minimum Gasteiger partial charge on any atom is -0.330 e. The van der Waals surface area contributed by atoms with Gasteiger partial charge in [-0.3, -0.25) is 4.79 Å². The molecule has 0 unspecified atom stereocenters. The maximum Gasteiger partial charge on any atom is 0.238 e. The molecule has 3 aromatic rings. The van der Waals surface area contributed by atoms with Crippen LogP contribution in [0.4, 0.5) is 16.5 Å². The van der Waals surface area contributed by atoms with Gasteiger partial charge < -0.3 is 10.6 Å². The maximum absolute atomic E-state index is 12.2. The minimum atomic E-state index is -3.86. The summed E-state index contributed by atoms with van der Waals surface area (Å²) in [4.78, 5) is 12.2. The van der Waals surface area contributed by atoms with Crippen molar-refractivity contribution in [2.45, 2.75) is 30.0 Å². The van der Waals surface area contributed by atoms with Gasteiger partial charge >= 0.3 is 0 Å². The third-order valence-electron chi connectivity index (χ3n) is 4.27. The van der Waals surface area contributed by atoms with Crippen LogP contribution in [0.3, 0.4) is 0 Å². The molecule has 0 atom stereocenters. The van der Waals surface area contributed by atoms with E-state index in [1.807, 2.05) is 25.1 Å². The standard InChI is InChI=1S/C19H21N5O3S3/c1-11-4-6-14(8-13(11)3)22-18-23-24-19(29-18)28-10-17(25)21-15-7-5-12(2)16(9-15)30(20,26)27/h4-9H,10H2,1-3H3,(H,21,25)(H,22,23)(H2,20,26,27). The highest BCUT2D eigenvalue weighted by atomic mass is 32.2. The molecule has 2 aromatic carbocycles. The van der Waals surface area contributed by atoms with Crippen molar-refractivity contribution in [3.63, 3.8) is 0 Å². The Labute approximate surface area is 183 Å². The quantitative estimate of drug-likeness (QED) is 0.457. The van der Waals surface area contributed by atoms with Crippen molar-refractivity contribution in [3.05, 3.63) is 53.1 Å². The molecule has 3 rings (SSSR count). The van der Waals surface area contributed by atoms with Crippen molar-refractivity contribution in [1.29, 1.82) is 0 Å². The number of thioether (sulfide) groups is 1. The Morgan fingerprint density at radius 3 is 2.43 bits per heavy atom. The summed E-state index contributed by atoms with van der Waals surface area (Å²) < 4.78 is 23.9. The maximum atomic E-state index is 12.2. The Bertz CT molecular complexity index is 1190. The summed E-state index contributed by atoms with van der Waals surface area (Å²) in [6.07, 6.45) is 0. The Morgan fingerprint density at radius 1 is 1.03 bits per heavy atom. The topological polar surface area (TPSA) is 127 Å². The summed E-state index contributed by atoms with van der Waals surface area (Å²) in [5.41, 5.74) is 4.20. The summed E-state index contributed by atoms with van der Waals surface area (Å²) >= 11 is 2.60. The molecule has 1 amide bonds. The van der Waals surface area contributed by atoms with Crippen LogP contribution in [-0.2, 0) is 14.8 Å².